The summed E-state index contributed by atoms with van der Waals surface area (Å²) >= 11 is 2.47. The van der Waals surface area contributed by atoms with E-state index >= 15 is 0 Å². The number of benzene rings is 9. The van der Waals surface area contributed by atoms with Crippen LogP contribution in [0.15, 0.2) is 200 Å². The van der Waals surface area contributed by atoms with E-state index in [4.69, 9.17) is 0 Å². The zero-order valence-corrected chi connectivity index (χ0v) is 30.1. The minimum absolute atomic E-state index is 1.21. The van der Waals surface area contributed by atoms with Crippen LogP contribution in [0.1, 0.15) is 0 Å². The molecule has 0 unspecified atom stereocenters. The predicted molar refractivity (Wildman–Crippen MR) is 227 cm³/mol. The van der Waals surface area contributed by atoms with E-state index in [1.807, 2.05) is 0 Å². The molecule has 0 aliphatic carbocycles. The maximum atomic E-state index is 2.47. The van der Waals surface area contributed by atoms with Gasteiger partial charge in [0.15, 0.2) is 0 Å². The average molecular weight is 761 g/mol. The molecule has 0 N–H and O–H groups in total. The van der Waals surface area contributed by atoms with Crippen LogP contribution >= 0.6 is 22.6 Å². The van der Waals surface area contributed by atoms with E-state index in [-0.39, 0.29) is 0 Å². The van der Waals surface area contributed by atoms with E-state index < -0.39 is 0 Å². The predicted octanol–water partition coefficient (Wildman–Crippen LogP) is 14.6. The molecule has 0 nitrogen and oxygen atoms in total. The largest absolute Gasteiger partial charge is 0.0622 e. The minimum Gasteiger partial charge on any atom is -0.0622 e. The second-order valence-electron chi connectivity index (χ2n) is 13.0. The van der Waals surface area contributed by atoms with Gasteiger partial charge in [0, 0.05) is 3.57 Å². The van der Waals surface area contributed by atoms with E-state index in [2.05, 4.69) is 223 Å². The highest BCUT2D eigenvalue weighted by Gasteiger charge is 2.20. The minimum atomic E-state index is 1.21. The zero-order valence-electron chi connectivity index (χ0n) is 27.9. The van der Waals surface area contributed by atoms with Crippen LogP contribution in [0, 0.1) is 3.57 Å². The van der Waals surface area contributed by atoms with Crippen LogP contribution in [0.3, 0.4) is 0 Å². The van der Waals surface area contributed by atoms with Crippen LogP contribution in [0.25, 0.3) is 88.3 Å². The van der Waals surface area contributed by atoms with Gasteiger partial charge in [-0.1, -0.05) is 152 Å². The monoisotopic (exact) mass is 760 g/mol. The Morgan fingerprint density at radius 1 is 0.216 bits per heavy atom. The Morgan fingerprint density at radius 3 is 0.882 bits per heavy atom. The molecule has 0 bridgehead atoms. The second kappa shape index (κ2) is 13.5. The quantitative estimate of drug-likeness (QED) is 0.117. The molecule has 0 saturated heterocycles. The van der Waals surface area contributed by atoms with Crippen LogP contribution in [-0.4, -0.2) is 0 Å². The molecule has 9 rings (SSSR count). The molecule has 0 saturated carbocycles. The SMILES string of the molecule is Ic1ccc2c(-c3cc(-c4ccccc4)cc(-c4ccccc4)c3)c3ccccc3c(-c3cc(-c4ccccc4)cc(-c4ccccc4)c3)c2c1. The van der Waals surface area contributed by atoms with Gasteiger partial charge in [0.25, 0.3) is 0 Å². The van der Waals surface area contributed by atoms with Crippen molar-refractivity contribution in [2.24, 2.45) is 0 Å². The van der Waals surface area contributed by atoms with Crippen molar-refractivity contribution in [2.45, 2.75) is 0 Å². The van der Waals surface area contributed by atoms with Gasteiger partial charge < -0.3 is 0 Å². The van der Waals surface area contributed by atoms with Gasteiger partial charge in [-0.3, -0.25) is 0 Å². The second-order valence-corrected chi connectivity index (χ2v) is 14.3. The Bertz CT molecular complexity index is 2550. The van der Waals surface area contributed by atoms with Crippen molar-refractivity contribution in [1.29, 1.82) is 0 Å². The van der Waals surface area contributed by atoms with E-state index in [0.717, 1.165) is 0 Å². The lowest BCUT2D eigenvalue weighted by Crippen LogP contribution is -1.94. The molecule has 0 aliphatic rings. The maximum Gasteiger partial charge on any atom is 0.0136 e. The highest BCUT2D eigenvalue weighted by molar-refractivity contribution is 14.1. The Morgan fingerprint density at radius 2 is 0.510 bits per heavy atom. The summed E-state index contributed by atoms with van der Waals surface area (Å²) in [6.45, 7) is 0. The molecular weight excluding hydrogens is 727 g/mol. The number of fused-ring (bicyclic) bond motifs is 2. The van der Waals surface area contributed by atoms with Crippen molar-refractivity contribution in [2.75, 3.05) is 0 Å². The standard InChI is InChI=1S/C50H33I/c51-44-25-26-47-48(33-44)50(43-31-40(36-19-9-3-10-20-36)28-41(32-43)37-21-11-4-12-22-37)46-24-14-13-23-45(46)49(47)42-29-38(34-15-5-1-6-16-34)27-39(30-42)35-17-7-2-8-18-35/h1-33H. The van der Waals surface area contributed by atoms with Crippen LogP contribution in [-0.2, 0) is 0 Å². The Balaban J connectivity index is 1.37. The topological polar surface area (TPSA) is 0 Å². The lowest BCUT2D eigenvalue weighted by molar-refractivity contribution is 1.57. The van der Waals surface area contributed by atoms with Gasteiger partial charge in [0.2, 0.25) is 0 Å². The van der Waals surface area contributed by atoms with Crippen molar-refractivity contribution < 1.29 is 0 Å². The average Bonchev–Trinajstić information content (AvgIpc) is 3.21. The summed E-state index contributed by atoms with van der Waals surface area (Å²) < 4.78 is 1.22. The number of rotatable bonds is 6. The summed E-state index contributed by atoms with van der Waals surface area (Å²) in [4.78, 5) is 0. The lowest BCUT2D eigenvalue weighted by Gasteiger charge is -2.20. The van der Waals surface area contributed by atoms with Gasteiger partial charge in [-0.15, -0.1) is 0 Å². The third-order valence-corrected chi connectivity index (χ3v) is 10.5. The Hall–Kier alpha value is -5.77. The highest BCUT2D eigenvalue weighted by atomic mass is 127. The van der Waals surface area contributed by atoms with E-state index in [9.17, 15) is 0 Å². The molecule has 9 aromatic carbocycles. The molecule has 0 radical (unpaired) electrons. The number of hydrogen-bond acceptors (Lipinski definition) is 0. The maximum absolute atomic E-state index is 2.47. The van der Waals surface area contributed by atoms with Gasteiger partial charge in [-0.2, -0.15) is 0 Å². The van der Waals surface area contributed by atoms with E-state index in [1.54, 1.807) is 0 Å². The molecule has 0 atom stereocenters. The fourth-order valence-corrected chi connectivity index (χ4v) is 8.00. The fraction of sp³-hybridized carbons (Fsp3) is 0. The first-order valence-electron chi connectivity index (χ1n) is 17.4. The van der Waals surface area contributed by atoms with E-state index in [0.29, 0.717) is 0 Å². The molecule has 1 heteroatoms. The molecule has 240 valence electrons. The van der Waals surface area contributed by atoms with Crippen molar-refractivity contribution in [1.82, 2.24) is 0 Å². The first kappa shape index (κ1) is 31.2. The molecule has 9 aromatic rings. The molecule has 0 spiro atoms. The molecule has 0 aromatic heterocycles. The summed E-state index contributed by atoms with van der Waals surface area (Å²) in [7, 11) is 0. The Kier molecular flexibility index (Phi) is 8.27. The van der Waals surface area contributed by atoms with Crippen LogP contribution in [0.4, 0.5) is 0 Å². The molecule has 0 heterocycles. The van der Waals surface area contributed by atoms with Gasteiger partial charge in [0.1, 0.15) is 0 Å². The third-order valence-electron chi connectivity index (χ3n) is 9.86. The lowest BCUT2D eigenvalue weighted by atomic mass is 9.83. The van der Waals surface area contributed by atoms with E-state index in [1.165, 1.54) is 91.9 Å². The van der Waals surface area contributed by atoms with Gasteiger partial charge in [-0.25, -0.2) is 0 Å². The molecule has 0 fully saturated rings. The fourth-order valence-electron chi connectivity index (χ4n) is 7.51. The number of hydrogen-bond donors (Lipinski definition) is 0. The first-order chi connectivity index (χ1) is 25.2. The summed E-state index contributed by atoms with van der Waals surface area (Å²) in [6, 6.07) is 73.1. The molecule has 0 aliphatic heterocycles. The summed E-state index contributed by atoms with van der Waals surface area (Å²) in [5.74, 6) is 0. The normalized spacial score (nSPS) is 11.2. The Labute approximate surface area is 312 Å². The van der Waals surface area contributed by atoms with Gasteiger partial charge in [-0.05, 0) is 159 Å². The number of halogens is 1. The molecule has 0 amide bonds. The van der Waals surface area contributed by atoms with Crippen molar-refractivity contribution in [3.05, 3.63) is 204 Å². The van der Waals surface area contributed by atoms with Crippen LogP contribution < -0.4 is 0 Å². The first-order valence-corrected chi connectivity index (χ1v) is 18.4. The van der Waals surface area contributed by atoms with Crippen LogP contribution in [0.2, 0.25) is 0 Å². The van der Waals surface area contributed by atoms with Crippen LogP contribution in [0.5, 0.6) is 0 Å². The molecular formula is C50H33I. The van der Waals surface area contributed by atoms with Gasteiger partial charge >= 0.3 is 0 Å². The summed E-state index contributed by atoms with van der Waals surface area (Å²) in [5, 5.41) is 5.00. The van der Waals surface area contributed by atoms with Crippen molar-refractivity contribution >= 4 is 44.1 Å². The smallest absolute Gasteiger partial charge is 0.0136 e. The third kappa shape index (κ3) is 6.05. The zero-order chi connectivity index (χ0) is 34.1. The van der Waals surface area contributed by atoms with Crippen molar-refractivity contribution in [3.63, 3.8) is 0 Å². The summed E-state index contributed by atoms with van der Waals surface area (Å²) in [5.41, 5.74) is 14.6. The van der Waals surface area contributed by atoms with Crippen molar-refractivity contribution in [3.8, 4) is 66.8 Å². The summed E-state index contributed by atoms with van der Waals surface area (Å²) in [6.07, 6.45) is 0. The highest BCUT2D eigenvalue weighted by Crippen LogP contribution is 2.47. The van der Waals surface area contributed by atoms with Gasteiger partial charge in [0.05, 0.1) is 0 Å². The molecule has 51 heavy (non-hydrogen) atoms.